The molecule has 0 aromatic heterocycles. The molecule has 1 saturated heterocycles. The molecule has 4 rings (SSSR count). The number of anilines is 1. The molecule has 0 bridgehead atoms. The third-order valence-corrected chi connectivity index (χ3v) is 6.64. The molecular formula is C27H27ClN4O2. The van der Waals surface area contributed by atoms with Crippen molar-refractivity contribution in [3.8, 4) is 0 Å². The molecule has 0 unspecified atom stereocenters. The van der Waals surface area contributed by atoms with Crippen molar-refractivity contribution in [2.45, 2.75) is 18.6 Å². The number of primary amides is 1. The Morgan fingerprint density at radius 1 is 1.15 bits per heavy atom. The molecule has 3 N–H and O–H groups in total. The van der Waals surface area contributed by atoms with E-state index < -0.39 is 11.5 Å². The highest BCUT2D eigenvalue weighted by molar-refractivity contribution is 6.33. The molecule has 174 valence electrons. The molecule has 0 spiro atoms. The first-order chi connectivity index (χ1) is 16.3. The molecule has 2 atom stereocenters. The van der Waals surface area contributed by atoms with Crippen molar-refractivity contribution < 1.29 is 9.90 Å². The summed E-state index contributed by atoms with van der Waals surface area (Å²) in [5.41, 5.74) is 8.05. The number of amides is 1. The van der Waals surface area contributed by atoms with Crippen LogP contribution in [0.3, 0.4) is 0 Å². The fourth-order valence-corrected chi connectivity index (χ4v) is 4.84. The van der Waals surface area contributed by atoms with Gasteiger partial charge in [-0.05, 0) is 36.2 Å². The summed E-state index contributed by atoms with van der Waals surface area (Å²) in [6, 6.07) is 22.5. The number of hydrogen-bond acceptors (Lipinski definition) is 4. The lowest BCUT2D eigenvalue weighted by Gasteiger charge is -2.45. The van der Waals surface area contributed by atoms with Gasteiger partial charge >= 0.3 is 0 Å². The highest BCUT2D eigenvalue weighted by Crippen LogP contribution is 2.36. The lowest BCUT2D eigenvalue weighted by Crippen LogP contribution is -2.52. The molecule has 1 aliphatic heterocycles. The van der Waals surface area contributed by atoms with E-state index in [0.717, 1.165) is 23.4 Å². The molecule has 1 amide bonds. The van der Waals surface area contributed by atoms with E-state index in [1.54, 1.807) is 24.3 Å². The van der Waals surface area contributed by atoms with E-state index in [2.05, 4.69) is 26.8 Å². The van der Waals surface area contributed by atoms with E-state index in [-0.39, 0.29) is 6.04 Å². The van der Waals surface area contributed by atoms with Crippen LogP contribution in [0.25, 0.3) is 4.85 Å². The molecule has 34 heavy (non-hydrogen) atoms. The first-order valence-corrected chi connectivity index (χ1v) is 11.5. The molecule has 7 heteroatoms. The highest BCUT2D eigenvalue weighted by Gasteiger charge is 2.34. The van der Waals surface area contributed by atoms with E-state index in [1.807, 2.05) is 43.3 Å². The van der Waals surface area contributed by atoms with Gasteiger partial charge in [-0.15, -0.1) is 0 Å². The Hall–Kier alpha value is -3.37. The number of benzene rings is 3. The van der Waals surface area contributed by atoms with Gasteiger partial charge in [0.25, 0.3) is 0 Å². The molecule has 1 aliphatic rings. The number of nitrogens with zero attached hydrogens (tertiary/aromatic N) is 3. The van der Waals surface area contributed by atoms with Crippen molar-refractivity contribution in [1.82, 2.24) is 4.90 Å². The summed E-state index contributed by atoms with van der Waals surface area (Å²) in [5.74, 6) is -0.510. The van der Waals surface area contributed by atoms with Gasteiger partial charge < -0.3 is 15.7 Å². The zero-order chi connectivity index (χ0) is 24.3. The molecule has 0 saturated carbocycles. The third kappa shape index (κ3) is 5.07. The van der Waals surface area contributed by atoms with Gasteiger partial charge in [0.05, 0.1) is 28.9 Å². The second-order valence-corrected chi connectivity index (χ2v) is 9.23. The molecule has 1 fully saturated rings. The second kappa shape index (κ2) is 9.86. The maximum absolute atomic E-state index is 11.6. The van der Waals surface area contributed by atoms with Crippen molar-refractivity contribution >= 4 is 28.9 Å². The minimum Gasteiger partial charge on any atom is -0.384 e. The number of aliphatic hydroxyl groups is 1. The zero-order valence-electron chi connectivity index (χ0n) is 19.0. The van der Waals surface area contributed by atoms with Crippen LogP contribution >= 0.6 is 11.6 Å². The van der Waals surface area contributed by atoms with Gasteiger partial charge in [-0.1, -0.05) is 66.2 Å². The van der Waals surface area contributed by atoms with Crippen molar-refractivity contribution in [3.63, 3.8) is 0 Å². The molecule has 0 aliphatic carbocycles. The lowest BCUT2D eigenvalue weighted by atomic mass is 9.93. The number of β-amino-alcohol motifs (C(OH)–C–C–N with tert-alkyl or cyclic N) is 1. The Labute approximate surface area is 205 Å². The van der Waals surface area contributed by atoms with E-state index >= 15 is 0 Å². The third-order valence-electron chi connectivity index (χ3n) is 6.34. The topological polar surface area (TPSA) is 74.2 Å². The maximum atomic E-state index is 11.6. The normalized spacial score (nSPS) is 18.2. The Bertz CT molecular complexity index is 1210. The number of rotatable bonds is 6. The summed E-state index contributed by atoms with van der Waals surface area (Å²) >= 11 is 6.58. The molecular weight excluding hydrogens is 448 g/mol. The van der Waals surface area contributed by atoms with Crippen LogP contribution in [0, 0.1) is 6.57 Å². The van der Waals surface area contributed by atoms with Crippen molar-refractivity contribution in [1.29, 1.82) is 0 Å². The quantitative estimate of drug-likeness (QED) is 0.505. The molecule has 3 aromatic carbocycles. The lowest BCUT2D eigenvalue weighted by molar-refractivity contribution is 0.0103. The number of piperazine rings is 1. The van der Waals surface area contributed by atoms with Crippen LogP contribution in [0.5, 0.6) is 0 Å². The number of halogens is 1. The second-order valence-electron chi connectivity index (χ2n) is 8.82. The van der Waals surface area contributed by atoms with Crippen molar-refractivity contribution in [2.75, 3.05) is 31.1 Å². The highest BCUT2D eigenvalue weighted by atomic mass is 35.5. The van der Waals surface area contributed by atoms with Crippen LogP contribution < -0.4 is 10.6 Å². The predicted octanol–water partition coefficient (Wildman–Crippen LogP) is 4.76. The molecule has 1 heterocycles. The molecule has 0 radical (unpaired) electrons. The minimum atomic E-state index is -1.06. The van der Waals surface area contributed by atoms with Gasteiger partial charge in [0.2, 0.25) is 5.91 Å². The van der Waals surface area contributed by atoms with Crippen LogP contribution in [0.2, 0.25) is 5.02 Å². The monoisotopic (exact) mass is 474 g/mol. The van der Waals surface area contributed by atoms with Crippen molar-refractivity contribution in [3.05, 3.63) is 106 Å². The van der Waals surface area contributed by atoms with Gasteiger partial charge in [0.1, 0.15) is 0 Å². The van der Waals surface area contributed by atoms with E-state index in [0.29, 0.717) is 35.9 Å². The Kier molecular flexibility index (Phi) is 6.90. The largest absolute Gasteiger partial charge is 0.384 e. The number of carbonyl (C=O) groups excluding carboxylic acids is 1. The van der Waals surface area contributed by atoms with Crippen LogP contribution in [0.15, 0.2) is 72.8 Å². The van der Waals surface area contributed by atoms with Crippen molar-refractivity contribution in [2.24, 2.45) is 5.73 Å². The van der Waals surface area contributed by atoms with E-state index in [9.17, 15) is 9.90 Å². The van der Waals surface area contributed by atoms with Crippen LogP contribution in [0.1, 0.15) is 34.5 Å². The summed E-state index contributed by atoms with van der Waals surface area (Å²) in [7, 11) is 0. The van der Waals surface area contributed by atoms with Gasteiger partial charge in [-0.25, -0.2) is 4.85 Å². The summed E-state index contributed by atoms with van der Waals surface area (Å²) in [6.45, 7) is 11.5. The van der Waals surface area contributed by atoms with Crippen LogP contribution in [-0.2, 0) is 5.60 Å². The zero-order valence-corrected chi connectivity index (χ0v) is 19.7. The number of nitrogens with two attached hydrogens (primary N) is 1. The first-order valence-electron chi connectivity index (χ1n) is 11.1. The Balaban J connectivity index is 1.59. The number of carbonyl (C=O) groups is 1. The average Bonchev–Trinajstić information content (AvgIpc) is 2.84. The van der Waals surface area contributed by atoms with Gasteiger partial charge in [-0.2, -0.15) is 0 Å². The number of hydrogen-bond donors (Lipinski definition) is 2. The van der Waals surface area contributed by atoms with E-state index in [4.69, 9.17) is 23.9 Å². The molecule has 3 aromatic rings. The summed E-state index contributed by atoms with van der Waals surface area (Å²) in [5, 5.41) is 11.8. The van der Waals surface area contributed by atoms with Gasteiger partial charge in [0, 0.05) is 31.7 Å². The molecule has 6 nitrogen and oxygen atoms in total. The summed E-state index contributed by atoms with van der Waals surface area (Å²) < 4.78 is 0. The predicted molar refractivity (Wildman–Crippen MR) is 135 cm³/mol. The fraction of sp³-hybridized carbons (Fsp3) is 0.259. The smallest absolute Gasteiger partial charge is 0.248 e. The Morgan fingerprint density at radius 3 is 2.47 bits per heavy atom. The van der Waals surface area contributed by atoms with Gasteiger partial charge in [0.15, 0.2) is 5.69 Å². The standard InChI is InChI=1S/C27H27ClN4O2/c1-27(34,21-9-11-22(30-2)12-10-21)18-31-14-15-32(25(17-31)19-6-4-3-5-7-19)24-13-8-20(26(29)33)16-23(24)28/h3-13,16,25,34H,14-15,17-18H2,1H3,(H2,29,33)/t25-,27+/m0/s1. The summed E-state index contributed by atoms with van der Waals surface area (Å²) in [6.07, 6.45) is 0. The summed E-state index contributed by atoms with van der Waals surface area (Å²) in [4.78, 5) is 19.5. The van der Waals surface area contributed by atoms with Crippen LogP contribution in [0.4, 0.5) is 11.4 Å². The van der Waals surface area contributed by atoms with E-state index in [1.165, 1.54) is 0 Å². The van der Waals surface area contributed by atoms with Gasteiger partial charge in [-0.3, -0.25) is 9.69 Å². The average molecular weight is 475 g/mol. The SMILES string of the molecule is [C-]#[N+]c1ccc([C@](C)(O)CN2CCN(c3ccc(C(N)=O)cc3Cl)[C@H](c3ccccc3)C2)cc1. The van der Waals surface area contributed by atoms with Crippen LogP contribution in [-0.4, -0.2) is 42.1 Å². The Morgan fingerprint density at radius 2 is 1.85 bits per heavy atom. The minimum absolute atomic E-state index is 0.00664. The maximum Gasteiger partial charge on any atom is 0.248 e. The first kappa shape index (κ1) is 23.8. The fourth-order valence-electron chi connectivity index (χ4n) is 4.55.